The van der Waals surface area contributed by atoms with Crippen LogP contribution in [0.5, 0.6) is 0 Å². The predicted molar refractivity (Wildman–Crippen MR) is 83.7 cm³/mol. The highest BCUT2D eigenvalue weighted by molar-refractivity contribution is 5.66. The Balaban J connectivity index is 1.92. The maximum atomic E-state index is 13.9. The minimum atomic E-state index is -0.601. The van der Waals surface area contributed by atoms with E-state index in [2.05, 4.69) is 0 Å². The van der Waals surface area contributed by atoms with Crippen LogP contribution in [0.2, 0.25) is 0 Å². The first-order valence-electron chi connectivity index (χ1n) is 7.38. The molecule has 0 radical (unpaired) electrons. The summed E-state index contributed by atoms with van der Waals surface area (Å²) in [4.78, 5) is 12.4. The van der Waals surface area contributed by atoms with Gasteiger partial charge in [0.1, 0.15) is 17.3 Å². The van der Waals surface area contributed by atoms with Gasteiger partial charge in [0, 0.05) is 30.6 Å². The Morgan fingerprint density at radius 2 is 1.96 bits per heavy atom. The van der Waals surface area contributed by atoms with Crippen LogP contribution < -0.4 is 4.90 Å². The zero-order valence-electron chi connectivity index (χ0n) is 12.6. The molecule has 0 aliphatic carbocycles. The van der Waals surface area contributed by atoms with Crippen molar-refractivity contribution < 1.29 is 13.7 Å². The maximum Gasteiger partial charge on any atom is 0.293 e. The van der Waals surface area contributed by atoms with Crippen molar-refractivity contribution in [3.05, 3.63) is 69.3 Å². The summed E-state index contributed by atoms with van der Waals surface area (Å²) in [6.45, 7) is 0.732. The average Bonchev–Trinajstić information content (AvgIpc) is 3.03. The van der Waals surface area contributed by atoms with Gasteiger partial charge in [0.25, 0.3) is 5.69 Å². The summed E-state index contributed by atoms with van der Waals surface area (Å²) in [7, 11) is 0. The summed E-state index contributed by atoms with van der Waals surface area (Å²) >= 11 is 0. The number of benzene rings is 2. The van der Waals surface area contributed by atoms with Crippen molar-refractivity contribution >= 4 is 11.4 Å². The third kappa shape index (κ3) is 2.78. The lowest BCUT2D eigenvalue weighted by molar-refractivity contribution is -0.384. The molecule has 3 rings (SSSR count). The molecule has 2 aromatic rings. The summed E-state index contributed by atoms with van der Waals surface area (Å²) in [5.41, 5.74) is 0.402. The van der Waals surface area contributed by atoms with Crippen molar-refractivity contribution in [2.45, 2.75) is 12.3 Å². The molecule has 1 unspecified atom stereocenters. The van der Waals surface area contributed by atoms with Gasteiger partial charge in [-0.3, -0.25) is 10.1 Å². The molecule has 0 saturated carbocycles. The SMILES string of the molecule is N#Cc1ccc(N2CCC(c3c(F)cccc3F)C2)c([N+](=O)[O-])c1. The molecule has 1 saturated heterocycles. The first kappa shape index (κ1) is 15.9. The number of nitrogens with zero attached hydrogens (tertiary/aromatic N) is 3. The Hall–Kier alpha value is -3.01. The van der Waals surface area contributed by atoms with E-state index in [9.17, 15) is 18.9 Å². The molecule has 0 N–H and O–H groups in total. The average molecular weight is 329 g/mol. The summed E-state index contributed by atoms with van der Waals surface area (Å²) in [6.07, 6.45) is 0.495. The van der Waals surface area contributed by atoms with Gasteiger partial charge in [-0.1, -0.05) is 6.07 Å². The molecular formula is C17H13F2N3O2. The number of hydrogen-bond donors (Lipinski definition) is 0. The number of halogens is 2. The topological polar surface area (TPSA) is 70.2 Å². The van der Waals surface area contributed by atoms with E-state index >= 15 is 0 Å². The van der Waals surface area contributed by atoms with Crippen molar-refractivity contribution in [2.24, 2.45) is 0 Å². The van der Waals surface area contributed by atoms with Crippen molar-refractivity contribution in [1.82, 2.24) is 0 Å². The van der Waals surface area contributed by atoms with Crippen LogP contribution in [0.3, 0.4) is 0 Å². The lowest BCUT2D eigenvalue weighted by Gasteiger charge is -2.19. The molecule has 1 aliphatic rings. The monoisotopic (exact) mass is 329 g/mol. The highest BCUT2D eigenvalue weighted by Gasteiger charge is 2.31. The summed E-state index contributed by atoms with van der Waals surface area (Å²) < 4.78 is 27.9. The number of nitriles is 1. The zero-order valence-corrected chi connectivity index (χ0v) is 12.6. The molecule has 24 heavy (non-hydrogen) atoms. The second-order valence-electron chi connectivity index (χ2n) is 5.64. The quantitative estimate of drug-likeness (QED) is 0.635. The molecule has 0 spiro atoms. The van der Waals surface area contributed by atoms with E-state index in [1.807, 2.05) is 6.07 Å². The molecule has 0 aromatic heterocycles. The van der Waals surface area contributed by atoms with Crippen LogP contribution in [0.4, 0.5) is 20.2 Å². The molecule has 1 aliphatic heterocycles. The first-order valence-corrected chi connectivity index (χ1v) is 7.38. The van der Waals surface area contributed by atoms with E-state index < -0.39 is 16.6 Å². The van der Waals surface area contributed by atoms with Gasteiger partial charge in [-0.2, -0.15) is 5.26 Å². The predicted octanol–water partition coefficient (Wildman–Crippen LogP) is 3.74. The van der Waals surface area contributed by atoms with E-state index in [4.69, 9.17) is 5.26 Å². The second kappa shape index (κ2) is 6.24. The molecule has 5 nitrogen and oxygen atoms in total. The number of hydrogen-bond acceptors (Lipinski definition) is 4. The summed E-state index contributed by atoms with van der Waals surface area (Å²) in [5, 5.41) is 20.1. The van der Waals surface area contributed by atoms with E-state index in [0.717, 1.165) is 0 Å². The van der Waals surface area contributed by atoms with Gasteiger partial charge in [-0.05, 0) is 30.7 Å². The maximum absolute atomic E-state index is 13.9. The molecule has 7 heteroatoms. The molecule has 0 bridgehead atoms. The first-order chi connectivity index (χ1) is 11.5. The highest BCUT2D eigenvalue weighted by Crippen LogP contribution is 2.37. The fourth-order valence-corrected chi connectivity index (χ4v) is 3.12. The van der Waals surface area contributed by atoms with Crippen LogP contribution in [0, 0.1) is 33.1 Å². The minimum Gasteiger partial charge on any atom is -0.365 e. The van der Waals surface area contributed by atoms with Crippen LogP contribution in [0.15, 0.2) is 36.4 Å². The lowest BCUT2D eigenvalue weighted by Crippen LogP contribution is -2.21. The third-order valence-corrected chi connectivity index (χ3v) is 4.24. The zero-order chi connectivity index (χ0) is 17.3. The Labute approximate surface area is 136 Å². The minimum absolute atomic E-state index is 0.0244. The number of nitro groups is 1. The van der Waals surface area contributed by atoms with Crippen LogP contribution in [-0.2, 0) is 0 Å². The van der Waals surface area contributed by atoms with Crippen molar-refractivity contribution in [1.29, 1.82) is 5.26 Å². The van der Waals surface area contributed by atoms with Crippen molar-refractivity contribution in [3.63, 3.8) is 0 Å². The standard InChI is InChI=1S/C17H13F2N3O2/c18-13-2-1-3-14(19)17(13)12-6-7-21(10-12)15-5-4-11(9-20)8-16(15)22(23)24/h1-5,8,12H,6-7,10H2. The Kier molecular flexibility index (Phi) is 4.13. The smallest absolute Gasteiger partial charge is 0.293 e. The van der Waals surface area contributed by atoms with E-state index in [0.29, 0.717) is 18.7 Å². The second-order valence-corrected chi connectivity index (χ2v) is 5.64. The number of rotatable bonds is 3. The van der Waals surface area contributed by atoms with E-state index in [-0.39, 0.29) is 29.3 Å². The largest absolute Gasteiger partial charge is 0.365 e. The van der Waals surface area contributed by atoms with Crippen LogP contribution in [0.25, 0.3) is 0 Å². The van der Waals surface area contributed by atoms with Gasteiger partial charge >= 0.3 is 0 Å². The Morgan fingerprint density at radius 1 is 1.25 bits per heavy atom. The van der Waals surface area contributed by atoms with Gasteiger partial charge in [0.15, 0.2) is 0 Å². The molecule has 1 heterocycles. The third-order valence-electron chi connectivity index (χ3n) is 4.24. The highest BCUT2D eigenvalue weighted by atomic mass is 19.1. The molecular weight excluding hydrogens is 316 g/mol. The molecule has 122 valence electrons. The van der Waals surface area contributed by atoms with Gasteiger partial charge in [0.05, 0.1) is 16.6 Å². The van der Waals surface area contributed by atoms with Crippen LogP contribution >= 0.6 is 0 Å². The normalized spacial score (nSPS) is 16.9. The van der Waals surface area contributed by atoms with E-state index in [1.54, 1.807) is 4.90 Å². The molecule has 1 atom stereocenters. The van der Waals surface area contributed by atoms with E-state index in [1.165, 1.54) is 36.4 Å². The van der Waals surface area contributed by atoms with Crippen molar-refractivity contribution in [3.8, 4) is 6.07 Å². The number of anilines is 1. The number of nitro benzene ring substituents is 1. The summed E-state index contributed by atoms with van der Waals surface area (Å²) in [6, 6.07) is 9.83. The van der Waals surface area contributed by atoms with Gasteiger partial charge in [0.2, 0.25) is 0 Å². The Bertz CT molecular complexity index is 828. The molecule has 0 amide bonds. The van der Waals surface area contributed by atoms with Gasteiger partial charge in [-0.25, -0.2) is 8.78 Å². The molecule has 2 aromatic carbocycles. The lowest BCUT2D eigenvalue weighted by atomic mass is 9.97. The van der Waals surface area contributed by atoms with Crippen molar-refractivity contribution in [2.75, 3.05) is 18.0 Å². The van der Waals surface area contributed by atoms with Crippen LogP contribution in [-0.4, -0.2) is 18.0 Å². The Morgan fingerprint density at radius 3 is 2.58 bits per heavy atom. The van der Waals surface area contributed by atoms with Gasteiger partial charge in [-0.15, -0.1) is 0 Å². The fourth-order valence-electron chi connectivity index (χ4n) is 3.12. The van der Waals surface area contributed by atoms with Gasteiger partial charge < -0.3 is 4.90 Å². The molecule has 1 fully saturated rings. The summed E-state index contributed by atoms with van der Waals surface area (Å²) in [5.74, 6) is -1.58. The fraction of sp³-hybridized carbons (Fsp3) is 0.235. The van der Waals surface area contributed by atoms with Crippen LogP contribution in [0.1, 0.15) is 23.5 Å².